The van der Waals surface area contributed by atoms with Crippen LogP contribution in [0.3, 0.4) is 0 Å². The van der Waals surface area contributed by atoms with Gasteiger partial charge in [-0.25, -0.2) is 15.0 Å². The number of rotatable bonds is 4. The monoisotopic (exact) mass is 627 g/mol. The lowest BCUT2D eigenvalue weighted by molar-refractivity contribution is 0.669. The van der Waals surface area contributed by atoms with Crippen LogP contribution in [0.1, 0.15) is 23.4 Å². The summed E-state index contributed by atoms with van der Waals surface area (Å²) in [5, 5.41) is 6.91. The molecule has 0 radical (unpaired) electrons. The molecule has 0 fully saturated rings. The second kappa shape index (κ2) is 11.1. The Morgan fingerprint density at radius 1 is 0.449 bits per heavy atom. The van der Waals surface area contributed by atoms with Crippen LogP contribution in [0.4, 0.5) is 0 Å². The molecule has 0 saturated heterocycles. The lowest BCUT2D eigenvalue weighted by Gasteiger charge is -2.17. The van der Waals surface area contributed by atoms with Gasteiger partial charge in [0.15, 0.2) is 17.5 Å². The van der Waals surface area contributed by atoms with E-state index in [4.69, 9.17) is 19.4 Å². The molecule has 10 rings (SSSR count). The van der Waals surface area contributed by atoms with Gasteiger partial charge in [-0.15, -0.1) is 0 Å². The largest absolute Gasteiger partial charge is 0.456 e. The maximum Gasteiger partial charge on any atom is 0.164 e. The van der Waals surface area contributed by atoms with Gasteiger partial charge in [0, 0.05) is 21.9 Å². The number of aromatic nitrogens is 3. The van der Waals surface area contributed by atoms with Crippen LogP contribution in [-0.2, 0) is 6.42 Å². The van der Waals surface area contributed by atoms with Crippen LogP contribution in [0.25, 0.3) is 89.0 Å². The van der Waals surface area contributed by atoms with Gasteiger partial charge in [0.25, 0.3) is 0 Å². The number of hydrogen-bond donors (Lipinski definition) is 0. The first-order valence-corrected chi connectivity index (χ1v) is 16.7. The van der Waals surface area contributed by atoms with Crippen molar-refractivity contribution >= 4 is 55.1 Å². The molecular formula is C45H29N3O. The van der Waals surface area contributed by atoms with Crippen LogP contribution >= 0.6 is 0 Å². The summed E-state index contributed by atoms with van der Waals surface area (Å²) in [6, 6.07) is 51.0. The topological polar surface area (TPSA) is 51.8 Å². The molecule has 2 heterocycles. The number of benzene rings is 7. The van der Waals surface area contributed by atoms with Crippen LogP contribution in [0.15, 0.2) is 150 Å². The predicted molar refractivity (Wildman–Crippen MR) is 201 cm³/mol. The number of hydrogen-bond acceptors (Lipinski definition) is 4. The van der Waals surface area contributed by atoms with Crippen LogP contribution < -0.4 is 0 Å². The van der Waals surface area contributed by atoms with Gasteiger partial charge in [-0.05, 0) is 92.6 Å². The van der Waals surface area contributed by atoms with E-state index in [1.54, 1.807) is 0 Å². The molecule has 1 aliphatic carbocycles. The molecule has 0 amide bonds. The summed E-state index contributed by atoms with van der Waals surface area (Å²) in [6.45, 7) is 0. The summed E-state index contributed by atoms with van der Waals surface area (Å²) in [5.74, 6) is 2.05. The summed E-state index contributed by atoms with van der Waals surface area (Å²) in [6.07, 6.45) is 4.07. The van der Waals surface area contributed by atoms with E-state index in [2.05, 4.69) is 133 Å². The van der Waals surface area contributed by atoms with Crippen LogP contribution in [0.2, 0.25) is 0 Å². The van der Waals surface area contributed by atoms with E-state index < -0.39 is 0 Å². The normalized spacial score (nSPS) is 12.9. The summed E-state index contributed by atoms with van der Waals surface area (Å²) >= 11 is 0. The summed E-state index contributed by atoms with van der Waals surface area (Å²) in [7, 11) is 0. The minimum absolute atomic E-state index is 0.656. The molecule has 0 bridgehead atoms. The lowest BCUT2D eigenvalue weighted by atomic mass is 9.92. The Hall–Kier alpha value is -6.39. The highest BCUT2D eigenvalue weighted by Crippen LogP contribution is 2.39. The Morgan fingerprint density at radius 3 is 2.08 bits per heavy atom. The van der Waals surface area contributed by atoms with Crippen molar-refractivity contribution in [2.24, 2.45) is 0 Å². The first-order chi connectivity index (χ1) is 24.3. The second-order valence-corrected chi connectivity index (χ2v) is 12.7. The lowest BCUT2D eigenvalue weighted by Crippen LogP contribution is -2.06. The van der Waals surface area contributed by atoms with Crippen molar-refractivity contribution in [1.82, 2.24) is 15.0 Å². The number of furan rings is 1. The van der Waals surface area contributed by atoms with Crippen molar-refractivity contribution in [1.29, 1.82) is 0 Å². The molecule has 0 atom stereocenters. The third kappa shape index (κ3) is 4.64. The fourth-order valence-electron chi connectivity index (χ4n) is 7.46. The van der Waals surface area contributed by atoms with Gasteiger partial charge in [0.05, 0.1) is 0 Å². The van der Waals surface area contributed by atoms with Crippen molar-refractivity contribution in [3.63, 3.8) is 0 Å². The molecule has 7 aromatic carbocycles. The average Bonchev–Trinajstić information content (AvgIpc) is 3.56. The standard InChI is InChI=1S/C45H29N3O/c1-2-12-29-25-33(24-23-28(29)11-1)44-46-43(47-45(48-44)39-27-31-13-3-4-16-34(31)36-17-5-6-18-37(36)39)32-15-9-14-30(26-32)35-20-10-22-41-42(35)38-19-7-8-21-40(38)49-41/h1-22,25-27H,23-24H2. The van der Waals surface area contributed by atoms with Gasteiger partial charge in [-0.1, -0.05) is 121 Å². The Kier molecular flexibility index (Phi) is 6.28. The van der Waals surface area contributed by atoms with Crippen molar-refractivity contribution in [2.75, 3.05) is 0 Å². The minimum atomic E-state index is 0.656. The third-order valence-electron chi connectivity index (χ3n) is 9.81. The molecule has 49 heavy (non-hydrogen) atoms. The number of para-hydroxylation sites is 1. The van der Waals surface area contributed by atoms with Gasteiger partial charge in [-0.3, -0.25) is 0 Å². The van der Waals surface area contributed by atoms with E-state index in [-0.39, 0.29) is 0 Å². The third-order valence-corrected chi connectivity index (χ3v) is 9.81. The van der Waals surface area contributed by atoms with E-state index in [0.29, 0.717) is 11.6 Å². The molecule has 0 N–H and O–H groups in total. The van der Waals surface area contributed by atoms with Crippen molar-refractivity contribution in [2.45, 2.75) is 12.8 Å². The quantitative estimate of drug-likeness (QED) is 0.182. The van der Waals surface area contributed by atoms with Crippen LogP contribution in [0, 0.1) is 0 Å². The van der Waals surface area contributed by atoms with Gasteiger partial charge >= 0.3 is 0 Å². The molecular weight excluding hydrogens is 599 g/mol. The second-order valence-electron chi connectivity index (χ2n) is 12.7. The fourth-order valence-corrected chi connectivity index (χ4v) is 7.46. The maximum absolute atomic E-state index is 6.23. The first kappa shape index (κ1) is 27.7. The Bertz CT molecular complexity index is 2790. The molecule has 4 heteroatoms. The van der Waals surface area contributed by atoms with Crippen LogP contribution in [-0.4, -0.2) is 15.0 Å². The van der Waals surface area contributed by atoms with E-state index >= 15 is 0 Å². The van der Waals surface area contributed by atoms with Crippen LogP contribution in [0.5, 0.6) is 0 Å². The zero-order chi connectivity index (χ0) is 32.3. The highest BCUT2D eigenvalue weighted by atomic mass is 16.3. The van der Waals surface area contributed by atoms with Crippen molar-refractivity contribution < 1.29 is 4.42 Å². The van der Waals surface area contributed by atoms with E-state index in [9.17, 15) is 0 Å². The molecule has 0 saturated carbocycles. The number of allylic oxidation sites excluding steroid dienone is 1. The number of fused-ring (bicyclic) bond motifs is 7. The van der Waals surface area contributed by atoms with Gasteiger partial charge < -0.3 is 4.42 Å². The van der Waals surface area contributed by atoms with Gasteiger partial charge in [-0.2, -0.15) is 0 Å². The van der Waals surface area contributed by atoms with Crippen molar-refractivity contribution in [3.8, 4) is 33.9 Å². The van der Waals surface area contributed by atoms with Gasteiger partial charge in [0.2, 0.25) is 0 Å². The zero-order valence-corrected chi connectivity index (χ0v) is 26.6. The zero-order valence-electron chi connectivity index (χ0n) is 26.6. The van der Waals surface area contributed by atoms with Gasteiger partial charge in [0.1, 0.15) is 11.2 Å². The molecule has 2 aromatic heterocycles. The van der Waals surface area contributed by atoms with Crippen molar-refractivity contribution in [3.05, 3.63) is 163 Å². The smallest absolute Gasteiger partial charge is 0.164 e. The Balaban J connectivity index is 1.20. The highest BCUT2D eigenvalue weighted by Gasteiger charge is 2.20. The summed E-state index contributed by atoms with van der Waals surface area (Å²) in [4.78, 5) is 15.7. The molecule has 0 aliphatic heterocycles. The molecule has 230 valence electrons. The Labute approximate surface area is 283 Å². The number of nitrogens with zero attached hydrogens (tertiary/aromatic N) is 3. The first-order valence-electron chi connectivity index (χ1n) is 16.7. The molecule has 4 nitrogen and oxygen atoms in total. The highest BCUT2D eigenvalue weighted by molar-refractivity contribution is 6.14. The fraction of sp³-hybridized carbons (Fsp3) is 0.0444. The average molecular weight is 628 g/mol. The molecule has 1 aliphatic rings. The van der Waals surface area contributed by atoms with E-state index in [1.165, 1.54) is 21.9 Å². The SMILES string of the molecule is C1=C(c2nc(-c3cccc(-c4cccc5oc6ccccc6c45)c3)nc(-c3cc4ccccc4c4ccccc34)n2)CCc2ccccc21. The Morgan fingerprint density at radius 2 is 1.14 bits per heavy atom. The summed E-state index contributed by atoms with van der Waals surface area (Å²) < 4.78 is 6.23. The van der Waals surface area contributed by atoms with E-state index in [1.807, 2.05) is 18.2 Å². The van der Waals surface area contributed by atoms with E-state index in [0.717, 1.165) is 79.2 Å². The molecule has 0 unspecified atom stereocenters. The minimum Gasteiger partial charge on any atom is -0.456 e. The molecule has 9 aromatic rings. The number of aryl methyl sites for hydroxylation is 1. The predicted octanol–water partition coefficient (Wildman–Crippen LogP) is 11.6. The maximum atomic E-state index is 6.23. The summed E-state index contributed by atoms with van der Waals surface area (Å²) in [5.41, 5.74) is 9.61. The molecule has 0 spiro atoms.